The van der Waals surface area contributed by atoms with Gasteiger partial charge in [-0.2, -0.15) is 0 Å². The van der Waals surface area contributed by atoms with Crippen LogP contribution in [-0.4, -0.2) is 32.7 Å². The van der Waals surface area contributed by atoms with Crippen molar-refractivity contribution in [2.45, 2.75) is 13.3 Å². The average Bonchev–Trinajstić information content (AvgIpc) is 2.85. The van der Waals surface area contributed by atoms with Crippen LogP contribution in [0, 0.1) is 11.8 Å². The molecule has 1 amide bonds. The third kappa shape index (κ3) is 3.47. The summed E-state index contributed by atoms with van der Waals surface area (Å²) in [5.74, 6) is 1.57. The Bertz CT molecular complexity index is 434. The van der Waals surface area contributed by atoms with Gasteiger partial charge in [0.05, 0.1) is 13.0 Å². The number of ether oxygens (including phenoxy) is 1. The molecule has 2 atom stereocenters. The third-order valence-corrected chi connectivity index (χ3v) is 3.74. The number of rotatable bonds is 5. The van der Waals surface area contributed by atoms with Crippen LogP contribution in [0.1, 0.15) is 12.5 Å². The molecule has 2 rings (SSSR count). The molecule has 4 nitrogen and oxygen atoms in total. The minimum atomic E-state index is 0.109. The molecule has 1 aliphatic rings. The number of para-hydroxylation sites is 1. The summed E-state index contributed by atoms with van der Waals surface area (Å²) < 4.78 is 5.30. The van der Waals surface area contributed by atoms with E-state index in [9.17, 15) is 4.79 Å². The standard InChI is InChI=1S/C15H22N2O2/c1-11-9-16-10-13(11)15(18)17-8-7-12-5-3-4-6-14(12)19-2/h3-6,11,13,16H,7-10H2,1-2H3,(H,17,18). The fraction of sp³-hybridized carbons (Fsp3) is 0.533. The van der Waals surface area contributed by atoms with Crippen molar-refractivity contribution in [3.63, 3.8) is 0 Å². The van der Waals surface area contributed by atoms with E-state index in [2.05, 4.69) is 17.6 Å². The molecule has 0 saturated carbocycles. The first-order valence-corrected chi connectivity index (χ1v) is 6.82. The highest BCUT2D eigenvalue weighted by atomic mass is 16.5. The fourth-order valence-electron chi connectivity index (χ4n) is 2.52. The average molecular weight is 262 g/mol. The molecule has 0 spiro atoms. The van der Waals surface area contributed by atoms with Crippen molar-refractivity contribution in [3.8, 4) is 5.75 Å². The van der Waals surface area contributed by atoms with E-state index >= 15 is 0 Å². The highest BCUT2D eigenvalue weighted by molar-refractivity contribution is 5.79. The Morgan fingerprint density at radius 1 is 1.42 bits per heavy atom. The lowest BCUT2D eigenvalue weighted by Gasteiger charge is -2.14. The molecule has 1 aliphatic heterocycles. The zero-order valence-electron chi connectivity index (χ0n) is 11.6. The number of nitrogens with one attached hydrogen (secondary N) is 2. The number of hydrogen-bond acceptors (Lipinski definition) is 3. The summed E-state index contributed by atoms with van der Waals surface area (Å²) in [5.41, 5.74) is 1.13. The molecule has 1 aromatic carbocycles. The zero-order valence-corrected chi connectivity index (χ0v) is 11.6. The van der Waals surface area contributed by atoms with Crippen LogP contribution in [0.5, 0.6) is 5.75 Å². The third-order valence-electron chi connectivity index (χ3n) is 3.74. The van der Waals surface area contributed by atoms with E-state index < -0.39 is 0 Å². The minimum Gasteiger partial charge on any atom is -0.496 e. The van der Waals surface area contributed by atoms with E-state index in [1.165, 1.54) is 0 Å². The summed E-state index contributed by atoms with van der Waals surface area (Å²) in [7, 11) is 1.67. The lowest BCUT2D eigenvalue weighted by molar-refractivity contribution is -0.125. The van der Waals surface area contributed by atoms with Crippen molar-refractivity contribution >= 4 is 5.91 Å². The van der Waals surface area contributed by atoms with E-state index in [-0.39, 0.29) is 11.8 Å². The van der Waals surface area contributed by atoms with E-state index in [0.29, 0.717) is 12.5 Å². The molecule has 2 unspecified atom stereocenters. The largest absolute Gasteiger partial charge is 0.496 e. The van der Waals surface area contributed by atoms with Gasteiger partial charge in [-0.1, -0.05) is 25.1 Å². The summed E-state index contributed by atoms with van der Waals surface area (Å²) in [6, 6.07) is 7.92. The summed E-state index contributed by atoms with van der Waals surface area (Å²) in [5, 5.41) is 6.27. The van der Waals surface area contributed by atoms with Crippen molar-refractivity contribution < 1.29 is 9.53 Å². The predicted molar refractivity (Wildman–Crippen MR) is 75.2 cm³/mol. The van der Waals surface area contributed by atoms with Crippen LogP contribution in [-0.2, 0) is 11.2 Å². The maximum atomic E-state index is 12.0. The van der Waals surface area contributed by atoms with Crippen molar-refractivity contribution in [1.29, 1.82) is 0 Å². The number of amides is 1. The number of carbonyl (C=O) groups excluding carboxylic acids is 1. The normalized spacial score (nSPS) is 22.2. The maximum absolute atomic E-state index is 12.0. The summed E-state index contributed by atoms with van der Waals surface area (Å²) in [6.07, 6.45) is 0.796. The topological polar surface area (TPSA) is 50.4 Å². The Hall–Kier alpha value is -1.55. The first kappa shape index (κ1) is 13.9. The van der Waals surface area contributed by atoms with Gasteiger partial charge in [0.1, 0.15) is 5.75 Å². The van der Waals surface area contributed by atoms with E-state index in [1.54, 1.807) is 7.11 Å². The van der Waals surface area contributed by atoms with Crippen molar-refractivity contribution in [3.05, 3.63) is 29.8 Å². The summed E-state index contributed by atoms with van der Waals surface area (Å²) in [6.45, 7) is 4.50. The van der Waals surface area contributed by atoms with Crippen molar-refractivity contribution in [2.75, 3.05) is 26.7 Å². The van der Waals surface area contributed by atoms with Gasteiger partial charge in [0.15, 0.2) is 0 Å². The first-order chi connectivity index (χ1) is 9.22. The van der Waals surface area contributed by atoms with Gasteiger partial charge >= 0.3 is 0 Å². The second-order valence-electron chi connectivity index (χ2n) is 5.09. The van der Waals surface area contributed by atoms with Crippen LogP contribution in [0.15, 0.2) is 24.3 Å². The van der Waals surface area contributed by atoms with Gasteiger partial charge in [-0.05, 0) is 30.5 Å². The summed E-state index contributed by atoms with van der Waals surface area (Å²) in [4.78, 5) is 12.0. The molecule has 0 radical (unpaired) electrons. The molecule has 2 N–H and O–H groups in total. The van der Waals surface area contributed by atoms with Gasteiger partial charge < -0.3 is 15.4 Å². The molecule has 0 aliphatic carbocycles. The minimum absolute atomic E-state index is 0.109. The van der Waals surface area contributed by atoms with Gasteiger partial charge in [0.25, 0.3) is 0 Å². The Balaban J connectivity index is 1.81. The molecule has 0 aromatic heterocycles. The van der Waals surface area contributed by atoms with Gasteiger partial charge in [0.2, 0.25) is 5.91 Å². The monoisotopic (exact) mass is 262 g/mol. The molecule has 0 bridgehead atoms. The van der Waals surface area contributed by atoms with Gasteiger partial charge in [0, 0.05) is 13.1 Å². The smallest absolute Gasteiger partial charge is 0.224 e. The fourth-order valence-corrected chi connectivity index (χ4v) is 2.52. The second-order valence-corrected chi connectivity index (χ2v) is 5.09. The summed E-state index contributed by atoms with van der Waals surface area (Å²) >= 11 is 0. The Labute approximate surface area is 114 Å². The molecule has 1 saturated heterocycles. The van der Waals surface area contributed by atoms with Gasteiger partial charge in [-0.25, -0.2) is 0 Å². The lowest BCUT2D eigenvalue weighted by Crippen LogP contribution is -2.35. The second kappa shape index (κ2) is 6.57. The quantitative estimate of drug-likeness (QED) is 0.838. The number of benzene rings is 1. The SMILES string of the molecule is COc1ccccc1CCNC(=O)C1CNCC1C. The molecule has 4 heteroatoms. The molecule has 104 valence electrons. The Morgan fingerprint density at radius 3 is 2.89 bits per heavy atom. The molecule has 1 fully saturated rings. The van der Waals surface area contributed by atoms with Crippen LogP contribution in [0.3, 0.4) is 0 Å². The van der Waals surface area contributed by atoms with Crippen LogP contribution in [0.4, 0.5) is 0 Å². The molecular weight excluding hydrogens is 240 g/mol. The number of carbonyl (C=O) groups is 1. The van der Waals surface area contributed by atoms with Crippen LogP contribution in [0.25, 0.3) is 0 Å². The van der Waals surface area contributed by atoms with E-state index in [4.69, 9.17) is 4.74 Å². The molecular formula is C15H22N2O2. The lowest BCUT2D eigenvalue weighted by atomic mass is 9.97. The van der Waals surface area contributed by atoms with E-state index in [0.717, 1.165) is 30.8 Å². The van der Waals surface area contributed by atoms with Crippen molar-refractivity contribution in [1.82, 2.24) is 10.6 Å². The van der Waals surface area contributed by atoms with Crippen LogP contribution in [0.2, 0.25) is 0 Å². The highest BCUT2D eigenvalue weighted by Crippen LogP contribution is 2.18. The number of hydrogen-bond donors (Lipinski definition) is 2. The number of methoxy groups -OCH3 is 1. The highest BCUT2D eigenvalue weighted by Gasteiger charge is 2.29. The molecule has 1 aromatic rings. The van der Waals surface area contributed by atoms with Crippen molar-refractivity contribution in [2.24, 2.45) is 11.8 Å². The maximum Gasteiger partial charge on any atom is 0.224 e. The Kier molecular flexibility index (Phi) is 4.80. The van der Waals surface area contributed by atoms with Crippen LogP contribution < -0.4 is 15.4 Å². The van der Waals surface area contributed by atoms with Crippen LogP contribution >= 0.6 is 0 Å². The van der Waals surface area contributed by atoms with Gasteiger partial charge in [-0.15, -0.1) is 0 Å². The predicted octanol–water partition coefficient (Wildman–Crippen LogP) is 1.21. The van der Waals surface area contributed by atoms with Gasteiger partial charge in [-0.3, -0.25) is 4.79 Å². The zero-order chi connectivity index (χ0) is 13.7. The van der Waals surface area contributed by atoms with E-state index in [1.807, 2.05) is 24.3 Å². The first-order valence-electron chi connectivity index (χ1n) is 6.82. The molecule has 19 heavy (non-hydrogen) atoms. The Morgan fingerprint density at radius 2 is 2.21 bits per heavy atom. The molecule has 1 heterocycles.